The maximum atomic E-state index is 2.38. The lowest BCUT2D eigenvalue weighted by Gasteiger charge is -2.27. The van der Waals surface area contributed by atoms with Gasteiger partial charge in [0.25, 0.3) is 0 Å². The lowest BCUT2D eigenvalue weighted by molar-refractivity contribution is 1.29. The third-order valence-electron chi connectivity index (χ3n) is 9.65. The van der Waals surface area contributed by atoms with E-state index in [-0.39, 0.29) is 0 Å². The van der Waals surface area contributed by atoms with E-state index in [9.17, 15) is 0 Å². The van der Waals surface area contributed by atoms with Crippen molar-refractivity contribution in [3.63, 3.8) is 0 Å². The average molecular weight is 624 g/mol. The second kappa shape index (κ2) is 12.3. The Bertz CT molecular complexity index is 2450. The molecule has 230 valence electrons. The quantitative estimate of drug-likeness (QED) is 0.167. The van der Waals surface area contributed by atoms with Crippen LogP contribution in [0.1, 0.15) is 0 Å². The summed E-state index contributed by atoms with van der Waals surface area (Å²) in [6, 6.07) is 72.4. The summed E-state index contributed by atoms with van der Waals surface area (Å²) >= 11 is 0. The van der Waals surface area contributed by atoms with E-state index in [0.29, 0.717) is 0 Å². The SMILES string of the molecule is c1ccc(-c2ccc(N(c3ccc(-c4ccccc4)cc3)c3ccc4c5ccc(-c6ccccc6)cc5c5ccccc5c4c3)cc2)cc1. The highest BCUT2D eigenvalue weighted by Crippen LogP contribution is 2.42. The van der Waals surface area contributed by atoms with Crippen molar-refractivity contribution >= 4 is 49.4 Å². The molecule has 49 heavy (non-hydrogen) atoms. The molecule has 0 bridgehead atoms. The van der Waals surface area contributed by atoms with E-state index in [2.05, 4.69) is 205 Å². The molecule has 9 rings (SSSR count). The topological polar surface area (TPSA) is 3.24 Å². The number of hydrogen-bond donors (Lipinski definition) is 0. The van der Waals surface area contributed by atoms with Gasteiger partial charge in [0.2, 0.25) is 0 Å². The van der Waals surface area contributed by atoms with Crippen molar-refractivity contribution in [3.8, 4) is 33.4 Å². The Labute approximate surface area is 287 Å². The van der Waals surface area contributed by atoms with Gasteiger partial charge in [0.05, 0.1) is 0 Å². The van der Waals surface area contributed by atoms with Gasteiger partial charge in [-0.1, -0.05) is 158 Å². The van der Waals surface area contributed by atoms with Crippen LogP contribution in [-0.4, -0.2) is 0 Å². The summed E-state index contributed by atoms with van der Waals surface area (Å²) in [4.78, 5) is 2.38. The van der Waals surface area contributed by atoms with Crippen LogP contribution in [0.25, 0.3) is 65.7 Å². The van der Waals surface area contributed by atoms with Crippen molar-refractivity contribution in [1.82, 2.24) is 0 Å². The average Bonchev–Trinajstić information content (AvgIpc) is 3.19. The lowest BCUT2D eigenvalue weighted by Crippen LogP contribution is -2.10. The number of benzene rings is 9. The molecule has 0 saturated carbocycles. The fourth-order valence-electron chi connectivity index (χ4n) is 7.21. The maximum absolute atomic E-state index is 2.38. The lowest BCUT2D eigenvalue weighted by atomic mass is 9.91. The van der Waals surface area contributed by atoms with E-state index in [4.69, 9.17) is 0 Å². The fourth-order valence-corrected chi connectivity index (χ4v) is 7.21. The highest BCUT2D eigenvalue weighted by atomic mass is 15.1. The minimum Gasteiger partial charge on any atom is -0.310 e. The van der Waals surface area contributed by atoms with Crippen LogP contribution in [0, 0.1) is 0 Å². The van der Waals surface area contributed by atoms with E-state index >= 15 is 0 Å². The van der Waals surface area contributed by atoms with Crippen LogP contribution in [0.2, 0.25) is 0 Å². The van der Waals surface area contributed by atoms with Gasteiger partial charge in [0, 0.05) is 17.1 Å². The first-order valence-corrected chi connectivity index (χ1v) is 16.8. The molecular weight excluding hydrogens is 591 g/mol. The highest BCUT2D eigenvalue weighted by Gasteiger charge is 2.16. The molecule has 0 atom stereocenters. The summed E-state index contributed by atoms with van der Waals surface area (Å²) in [6.07, 6.45) is 0. The van der Waals surface area contributed by atoms with Crippen molar-refractivity contribution in [3.05, 3.63) is 200 Å². The molecule has 0 radical (unpaired) electrons. The minimum absolute atomic E-state index is 1.11. The third kappa shape index (κ3) is 5.32. The molecule has 0 aliphatic heterocycles. The fraction of sp³-hybridized carbons (Fsp3) is 0. The highest BCUT2D eigenvalue weighted by molar-refractivity contribution is 6.26. The zero-order chi connectivity index (χ0) is 32.6. The molecular formula is C48H33N. The molecule has 0 aromatic heterocycles. The molecule has 0 aliphatic carbocycles. The van der Waals surface area contributed by atoms with Gasteiger partial charge in [-0.3, -0.25) is 0 Å². The summed E-state index contributed by atoms with van der Waals surface area (Å²) in [5, 5.41) is 7.59. The first-order chi connectivity index (χ1) is 24.3. The van der Waals surface area contributed by atoms with Crippen molar-refractivity contribution in [2.45, 2.75) is 0 Å². The zero-order valence-electron chi connectivity index (χ0n) is 27.0. The number of anilines is 3. The number of nitrogens with zero attached hydrogens (tertiary/aromatic N) is 1. The summed E-state index contributed by atoms with van der Waals surface area (Å²) in [5.41, 5.74) is 10.7. The van der Waals surface area contributed by atoms with E-state index in [1.54, 1.807) is 0 Å². The molecule has 9 aromatic rings. The monoisotopic (exact) mass is 623 g/mol. The first kappa shape index (κ1) is 28.8. The standard InChI is InChI=1S/C48H33N/c1-4-12-34(13-5-1)37-20-25-40(26-21-37)49(41-27-22-38(23-28-41)35-14-6-2-7-15-35)42-29-31-46-45-30-24-39(36-16-8-3-9-17-36)32-47(45)43-18-10-11-19-44(43)48(46)33-42/h1-33H. The molecule has 1 nitrogen and oxygen atoms in total. The van der Waals surface area contributed by atoms with Gasteiger partial charge in [0.1, 0.15) is 0 Å². The van der Waals surface area contributed by atoms with Crippen LogP contribution < -0.4 is 4.90 Å². The molecule has 0 heterocycles. The summed E-state index contributed by atoms with van der Waals surface area (Å²) in [7, 11) is 0. The van der Waals surface area contributed by atoms with Crippen LogP contribution in [0.4, 0.5) is 17.1 Å². The van der Waals surface area contributed by atoms with Crippen LogP contribution in [-0.2, 0) is 0 Å². The predicted octanol–water partition coefficient (Wildman–Crippen LogP) is 13.6. The van der Waals surface area contributed by atoms with Gasteiger partial charge in [-0.25, -0.2) is 0 Å². The van der Waals surface area contributed by atoms with E-state index in [0.717, 1.165) is 17.1 Å². The number of fused-ring (bicyclic) bond motifs is 6. The largest absolute Gasteiger partial charge is 0.310 e. The van der Waals surface area contributed by atoms with Crippen molar-refractivity contribution < 1.29 is 0 Å². The Kier molecular flexibility index (Phi) is 7.22. The Hall–Kier alpha value is -6.44. The first-order valence-electron chi connectivity index (χ1n) is 16.8. The molecule has 9 aromatic carbocycles. The molecule has 0 spiro atoms. The van der Waals surface area contributed by atoms with E-state index < -0.39 is 0 Å². The van der Waals surface area contributed by atoms with Gasteiger partial charge in [0.15, 0.2) is 0 Å². The molecule has 0 amide bonds. The second-order valence-corrected chi connectivity index (χ2v) is 12.6. The van der Waals surface area contributed by atoms with Crippen molar-refractivity contribution in [1.29, 1.82) is 0 Å². The number of hydrogen-bond acceptors (Lipinski definition) is 1. The molecule has 0 saturated heterocycles. The summed E-state index contributed by atoms with van der Waals surface area (Å²) in [6.45, 7) is 0. The number of rotatable bonds is 6. The van der Waals surface area contributed by atoms with Crippen molar-refractivity contribution in [2.75, 3.05) is 4.90 Å². The van der Waals surface area contributed by atoms with Gasteiger partial charge in [-0.2, -0.15) is 0 Å². The van der Waals surface area contributed by atoms with Crippen LogP contribution in [0.5, 0.6) is 0 Å². The molecule has 0 N–H and O–H groups in total. The third-order valence-corrected chi connectivity index (χ3v) is 9.65. The Balaban J connectivity index is 1.22. The van der Waals surface area contributed by atoms with Gasteiger partial charge in [-0.15, -0.1) is 0 Å². The minimum atomic E-state index is 1.11. The Morgan fingerprint density at radius 3 is 1.02 bits per heavy atom. The predicted molar refractivity (Wildman–Crippen MR) is 210 cm³/mol. The maximum Gasteiger partial charge on any atom is 0.0468 e. The Morgan fingerprint density at radius 2 is 0.531 bits per heavy atom. The van der Waals surface area contributed by atoms with Gasteiger partial charge in [-0.05, 0) is 108 Å². The van der Waals surface area contributed by atoms with Crippen molar-refractivity contribution in [2.24, 2.45) is 0 Å². The summed E-state index contributed by atoms with van der Waals surface area (Å²) in [5.74, 6) is 0. The molecule has 0 unspecified atom stereocenters. The zero-order valence-corrected chi connectivity index (χ0v) is 27.0. The smallest absolute Gasteiger partial charge is 0.0468 e. The molecule has 0 fully saturated rings. The Morgan fingerprint density at radius 1 is 0.204 bits per heavy atom. The van der Waals surface area contributed by atoms with Crippen LogP contribution >= 0.6 is 0 Å². The summed E-state index contributed by atoms with van der Waals surface area (Å²) < 4.78 is 0. The second-order valence-electron chi connectivity index (χ2n) is 12.6. The van der Waals surface area contributed by atoms with Crippen LogP contribution in [0.15, 0.2) is 200 Å². The molecule has 0 aliphatic rings. The van der Waals surface area contributed by atoms with E-state index in [1.165, 1.54) is 65.7 Å². The van der Waals surface area contributed by atoms with Crippen LogP contribution in [0.3, 0.4) is 0 Å². The molecule has 1 heteroatoms. The normalized spacial score (nSPS) is 11.3. The van der Waals surface area contributed by atoms with Gasteiger partial charge >= 0.3 is 0 Å². The van der Waals surface area contributed by atoms with E-state index in [1.807, 2.05) is 0 Å². The van der Waals surface area contributed by atoms with Gasteiger partial charge < -0.3 is 4.90 Å².